The standard InChI is InChI=1S/C11H12ClN3O/c1-7-3-4-9(12)5-11(7)15-8(2)10(6-16)13-14-15/h3-5,16H,6H2,1-2H3. The summed E-state index contributed by atoms with van der Waals surface area (Å²) in [6.45, 7) is 3.74. The number of aryl methyl sites for hydroxylation is 1. The van der Waals surface area contributed by atoms with E-state index >= 15 is 0 Å². The van der Waals surface area contributed by atoms with Crippen molar-refractivity contribution in [3.05, 3.63) is 40.2 Å². The van der Waals surface area contributed by atoms with Crippen molar-refractivity contribution in [2.75, 3.05) is 0 Å². The second-order valence-corrected chi connectivity index (χ2v) is 4.06. The van der Waals surface area contributed by atoms with Gasteiger partial charge in [0, 0.05) is 5.02 Å². The molecule has 0 saturated heterocycles. The second kappa shape index (κ2) is 4.23. The average Bonchev–Trinajstić information content (AvgIpc) is 2.63. The van der Waals surface area contributed by atoms with Gasteiger partial charge in [0.05, 0.1) is 18.0 Å². The van der Waals surface area contributed by atoms with Gasteiger partial charge >= 0.3 is 0 Å². The fourth-order valence-electron chi connectivity index (χ4n) is 1.55. The van der Waals surface area contributed by atoms with E-state index in [-0.39, 0.29) is 6.61 Å². The number of nitrogens with zero attached hydrogens (tertiary/aromatic N) is 3. The van der Waals surface area contributed by atoms with Gasteiger partial charge < -0.3 is 5.11 Å². The molecular weight excluding hydrogens is 226 g/mol. The number of aliphatic hydroxyl groups is 1. The molecule has 1 heterocycles. The van der Waals surface area contributed by atoms with E-state index in [4.69, 9.17) is 16.7 Å². The smallest absolute Gasteiger partial charge is 0.111 e. The highest BCUT2D eigenvalue weighted by molar-refractivity contribution is 6.30. The van der Waals surface area contributed by atoms with Crippen LogP contribution in [0.25, 0.3) is 5.69 Å². The minimum Gasteiger partial charge on any atom is -0.390 e. The highest BCUT2D eigenvalue weighted by Gasteiger charge is 2.11. The van der Waals surface area contributed by atoms with E-state index < -0.39 is 0 Å². The highest BCUT2D eigenvalue weighted by Crippen LogP contribution is 2.20. The molecule has 5 heteroatoms. The zero-order chi connectivity index (χ0) is 11.7. The second-order valence-electron chi connectivity index (χ2n) is 3.62. The van der Waals surface area contributed by atoms with Gasteiger partial charge in [0.2, 0.25) is 0 Å². The maximum Gasteiger partial charge on any atom is 0.111 e. The summed E-state index contributed by atoms with van der Waals surface area (Å²) in [6.07, 6.45) is 0. The van der Waals surface area contributed by atoms with Crippen LogP contribution in [-0.2, 0) is 6.61 Å². The normalized spacial score (nSPS) is 10.8. The Labute approximate surface area is 98.5 Å². The minimum atomic E-state index is -0.106. The van der Waals surface area contributed by atoms with Gasteiger partial charge in [0.15, 0.2) is 0 Å². The lowest BCUT2D eigenvalue weighted by Crippen LogP contribution is -2.02. The predicted molar refractivity (Wildman–Crippen MR) is 61.8 cm³/mol. The van der Waals surface area contributed by atoms with Crippen LogP contribution in [-0.4, -0.2) is 20.1 Å². The van der Waals surface area contributed by atoms with Gasteiger partial charge in [-0.05, 0) is 31.5 Å². The van der Waals surface area contributed by atoms with Crippen molar-refractivity contribution in [3.8, 4) is 5.69 Å². The first-order valence-corrected chi connectivity index (χ1v) is 5.30. The largest absolute Gasteiger partial charge is 0.390 e. The fourth-order valence-corrected chi connectivity index (χ4v) is 1.71. The third-order valence-corrected chi connectivity index (χ3v) is 2.77. The van der Waals surface area contributed by atoms with Gasteiger partial charge in [0.25, 0.3) is 0 Å². The summed E-state index contributed by atoms with van der Waals surface area (Å²) >= 11 is 5.95. The Balaban J connectivity index is 2.58. The first kappa shape index (κ1) is 11.1. The fraction of sp³-hybridized carbons (Fsp3) is 0.273. The molecule has 4 nitrogen and oxygen atoms in total. The first-order valence-electron chi connectivity index (χ1n) is 4.92. The van der Waals surface area contributed by atoms with Crippen molar-refractivity contribution < 1.29 is 5.11 Å². The van der Waals surface area contributed by atoms with Crippen molar-refractivity contribution in [2.24, 2.45) is 0 Å². The zero-order valence-corrected chi connectivity index (χ0v) is 9.86. The van der Waals surface area contributed by atoms with Crippen LogP contribution in [0.4, 0.5) is 0 Å². The molecule has 0 aliphatic heterocycles. The molecule has 0 aliphatic carbocycles. The van der Waals surface area contributed by atoms with E-state index in [1.807, 2.05) is 32.0 Å². The number of hydrogen-bond donors (Lipinski definition) is 1. The van der Waals surface area contributed by atoms with E-state index in [1.54, 1.807) is 4.68 Å². The Bertz CT molecular complexity index is 522. The van der Waals surface area contributed by atoms with Crippen molar-refractivity contribution in [1.82, 2.24) is 15.0 Å². The van der Waals surface area contributed by atoms with Crippen LogP contribution in [0.15, 0.2) is 18.2 Å². The molecule has 0 radical (unpaired) electrons. The molecule has 1 aromatic heterocycles. The van der Waals surface area contributed by atoms with Crippen LogP contribution < -0.4 is 0 Å². The molecule has 2 aromatic rings. The van der Waals surface area contributed by atoms with Gasteiger partial charge in [-0.3, -0.25) is 0 Å². The maximum atomic E-state index is 9.06. The van der Waals surface area contributed by atoms with Crippen molar-refractivity contribution >= 4 is 11.6 Å². The zero-order valence-electron chi connectivity index (χ0n) is 9.11. The van der Waals surface area contributed by atoms with Crippen LogP contribution in [0.5, 0.6) is 0 Å². The van der Waals surface area contributed by atoms with Crippen LogP contribution in [0, 0.1) is 13.8 Å². The lowest BCUT2D eigenvalue weighted by atomic mass is 10.2. The molecule has 0 amide bonds. The Morgan fingerprint density at radius 3 is 2.75 bits per heavy atom. The summed E-state index contributed by atoms with van der Waals surface area (Å²) in [6, 6.07) is 5.59. The number of benzene rings is 1. The van der Waals surface area contributed by atoms with Gasteiger partial charge in [-0.1, -0.05) is 22.9 Å². The summed E-state index contributed by atoms with van der Waals surface area (Å²) in [5, 5.41) is 17.6. The molecule has 84 valence electrons. The number of aliphatic hydroxyl groups excluding tert-OH is 1. The summed E-state index contributed by atoms with van der Waals surface area (Å²) < 4.78 is 1.69. The summed E-state index contributed by atoms with van der Waals surface area (Å²) in [7, 11) is 0. The quantitative estimate of drug-likeness (QED) is 0.870. The molecule has 0 atom stereocenters. The van der Waals surface area contributed by atoms with E-state index in [0.717, 1.165) is 16.9 Å². The monoisotopic (exact) mass is 237 g/mol. The average molecular weight is 238 g/mol. The predicted octanol–water partition coefficient (Wildman–Crippen LogP) is 2.03. The molecule has 0 spiro atoms. The molecular formula is C11H12ClN3O. The molecule has 2 rings (SSSR count). The van der Waals surface area contributed by atoms with Gasteiger partial charge in [-0.2, -0.15) is 0 Å². The number of hydrogen-bond acceptors (Lipinski definition) is 3. The number of rotatable bonds is 2. The van der Waals surface area contributed by atoms with E-state index in [9.17, 15) is 0 Å². The lowest BCUT2D eigenvalue weighted by Gasteiger charge is -2.07. The van der Waals surface area contributed by atoms with E-state index in [2.05, 4.69) is 10.3 Å². The molecule has 0 saturated carbocycles. The summed E-state index contributed by atoms with van der Waals surface area (Å²) in [5.74, 6) is 0. The Morgan fingerprint density at radius 1 is 1.38 bits per heavy atom. The SMILES string of the molecule is Cc1ccc(Cl)cc1-n1nnc(CO)c1C. The molecule has 1 N–H and O–H groups in total. The molecule has 0 aliphatic rings. The minimum absolute atomic E-state index is 0.106. The first-order chi connectivity index (χ1) is 7.63. The van der Waals surface area contributed by atoms with Crippen molar-refractivity contribution in [2.45, 2.75) is 20.5 Å². The number of aromatic nitrogens is 3. The van der Waals surface area contributed by atoms with Crippen LogP contribution >= 0.6 is 11.6 Å². The highest BCUT2D eigenvalue weighted by atomic mass is 35.5. The lowest BCUT2D eigenvalue weighted by molar-refractivity contribution is 0.276. The summed E-state index contributed by atoms with van der Waals surface area (Å²) in [4.78, 5) is 0. The van der Waals surface area contributed by atoms with Gasteiger partial charge in [-0.25, -0.2) is 4.68 Å². The van der Waals surface area contributed by atoms with E-state index in [1.165, 1.54) is 0 Å². The van der Waals surface area contributed by atoms with Crippen LogP contribution in [0.2, 0.25) is 5.02 Å². The topological polar surface area (TPSA) is 50.9 Å². The maximum absolute atomic E-state index is 9.06. The molecule has 0 unspecified atom stereocenters. The molecule has 0 fully saturated rings. The number of halogens is 1. The van der Waals surface area contributed by atoms with Gasteiger partial charge in [0.1, 0.15) is 5.69 Å². The van der Waals surface area contributed by atoms with Crippen LogP contribution in [0.3, 0.4) is 0 Å². The Hall–Kier alpha value is -1.39. The third-order valence-electron chi connectivity index (χ3n) is 2.54. The third kappa shape index (κ3) is 1.81. The molecule has 0 bridgehead atoms. The Kier molecular flexibility index (Phi) is 2.94. The molecule has 16 heavy (non-hydrogen) atoms. The van der Waals surface area contributed by atoms with Crippen molar-refractivity contribution in [3.63, 3.8) is 0 Å². The van der Waals surface area contributed by atoms with Crippen molar-refractivity contribution in [1.29, 1.82) is 0 Å². The van der Waals surface area contributed by atoms with Crippen LogP contribution in [0.1, 0.15) is 17.0 Å². The van der Waals surface area contributed by atoms with E-state index in [0.29, 0.717) is 10.7 Å². The van der Waals surface area contributed by atoms with Gasteiger partial charge in [-0.15, -0.1) is 5.10 Å². The molecule has 1 aromatic carbocycles. The Morgan fingerprint density at radius 2 is 2.12 bits per heavy atom. The summed E-state index contributed by atoms with van der Waals surface area (Å²) in [5.41, 5.74) is 3.35.